The Hall–Kier alpha value is -1.66. The molecule has 3 rings (SSSR count). The highest BCUT2D eigenvalue weighted by Gasteiger charge is 2.27. The van der Waals surface area contributed by atoms with Gasteiger partial charge in [0.15, 0.2) is 5.78 Å². The molecule has 0 radical (unpaired) electrons. The Kier molecular flexibility index (Phi) is 6.79. The number of aromatic amines is 1. The molecule has 1 fully saturated rings. The number of pyridine rings is 1. The number of piperidine rings is 1. The predicted octanol–water partition coefficient (Wildman–Crippen LogP) is 1.78. The lowest BCUT2D eigenvalue weighted by Gasteiger charge is -2.32. The normalized spacial score (nSPS) is 17.8. The molecule has 0 atom stereocenters. The number of rotatable bonds is 4. The van der Waals surface area contributed by atoms with Gasteiger partial charge in [-0.1, -0.05) is 0 Å². The molecule has 0 aromatic carbocycles. The van der Waals surface area contributed by atoms with Gasteiger partial charge >= 0.3 is 0 Å². The smallest absolute Gasteiger partial charge is 0.261 e. The number of likely N-dealkylation sites (tertiary alicyclic amines) is 1. The molecular weight excluding hydrogens is 342 g/mol. The molecule has 1 aliphatic carbocycles. The third kappa shape index (κ3) is 4.30. The number of nitrogens with one attached hydrogen (secondary N) is 2. The maximum Gasteiger partial charge on any atom is 0.261 e. The van der Waals surface area contributed by atoms with Crippen LogP contribution in [0.1, 0.15) is 58.5 Å². The first kappa shape index (κ1) is 19.7. The largest absolute Gasteiger partial charge is 0.338 e. The molecule has 2 N–H and O–H groups in total. The second kappa shape index (κ2) is 8.63. The molecule has 2 heterocycles. The van der Waals surface area contributed by atoms with E-state index in [1.54, 1.807) is 4.90 Å². The molecule has 0 bridgehead atoms. The monoisotopic (exact) mass is 367 g/mol. The maximum atomic E-state index is 12.7. The first-order chi connectivity index (χ1) is 11.6. The zero-order valence-electron chi connectivity index (χ0n) is 14.6. The van der Waals surface area contributed by atoms with Crippen molar-refractivity contribution in [2.75, 3.05) is 26.7 Å². The summed E-state index contributed by atoms with van der Waals surface area (Å²) >= 11 is 0. The van der Waals surface area contributed by atoms with E-state index in [2.05, 4.69) is 10.3 Å². The van der Waals surface area contributed by atoms with E-state index < -0.39 is 0 Å². The molecule has 1 aromatic heterocycles. The van der Waals surface area contributed by atoms with Gasteiger partial charge in [-0.15, -0.1) is 12.4 Å². The number of Topliss-reactive ketones (excluding diaryl/α,β-unsaturated/α-hetero) is 1. The second-order valence-corrected chi connectivity index (χ2v) is 6.81. The van der Waals surface area contributed by atoms with Gasteiger partial charge in [0.25, 0.3) is 11.5 Å². The lowest BCUT2D eigenvalue weighted by Crippen LogP contribution is -2.41. The van der Waals surface area contributed by atoms with E-state index in [1.807, 2.05) is 7.05 Å². The van der Waals surface area contributed by atoms with E-state index in [4.69, 9.17) is 0 Å². The number of halogens is 1. The summed E-state index contributed by atoms with van der Waals surface area (Å²) in [4.78, 5) is 41.5. The highest BCUT2D eigenvalue weighted by atomic mass is 35.5. The summed E-state index contributed by atoms with van der Waals surface area (Å²) in [5.41, 5.74) is 0.940. The number of hydrogen-bond donors (Lipinski definition) is 2. The summed E-state index contributed by atoms with van der Waals surface area (Å²) in [5, 5.41) is 3.16. The van der Waals surface area contributed by atoms with Gasteiger partial charge in [0, 0.05) is 30.8 Å². The van der Waals surface area contributed by atoms with Crippen molar-refractivity contribution >= 4 is 24.1 Å². The van der Waals surface area contributed by atoms with E-state index >= 15 is 0 Å². The van der Waals surface area contributed by atoms with Crippen molar-refractivity contribution in [1.29, 1.82) is 0 Å². The molecule has 138 valence electrons. The van der Waals surface area contributed by atoms with Crippen LogP contribution in [-0.4, -0.2) is 48.3 Å². The van der Waals surface area contributed by atoms with Gasteiger partial charge in [-0.25, -0.2) is 0 Å². The number of ketones is 1. The lowest BCUT2D eigenvalue weighted by molar-refractivity contribution is 0.0685. The van der Waals surface area contributed by atoms with Crippen LogP contribution in [0.25, 0.3) is 0 Å². The molecule has 25 heavy (non-hydrogen) atoms. The first-order valence-corrected chi connectivity index (χ1v) is 8.83. The molecule has 0 spiro atoms. The van der Waals surface area contributed by atoms with Crippen molar-refractivity contribution in [2.45, 2.75) is 38.5 Å². The highest BCUT2D eigenvalue weighted by molar-refractivity contribution is 6.01. The lowest BCUT2D eigenvalue weighted by atomic mass is 9.92. The standard InChI is InChI=1S/C18H25N3O3.ClH/c1-19-8-5-12-6-9-21(10-7-12)18(24)14-11-13-15(20-17(14)23)3-2-4-16(13)22;/h11-12,19H,2-10H2,1H3,(H,20,23);1H. The average molecular weight is 368 g/mol. The Balaban J connectivity index is 0.00000225. The van der Waals surface area contributed by atoms with E-state index in [9.17, 15) is 14.4 Å². The number of nitrogens with zero attached hydrogens (tertiary/aromatic N) is 1. The quantitative estimate of drug-likeness (QED) is 0.849. The van der Waals surface area contributed by atoms with E-state index in [1.165, 1.54) is 6.07 Å². The van der Waals surface area contributed by atoms with Crippen LogP contribution in [-0.2, 0) is 6.42 Å². The van der Waals surface area contributed by atoms with Crippen LogP contribution in [0.15, 0.2) is 10.9 Å². The van der Waals surface area contributed by atoms with Crippen LogP contribution in [0.3, 0.4) is 0 Å². The van der Waals surface area contributed by atoms with Crippen molar-refractivity contribution < 1.29 is 9.59 Å². The summed E-state index contributed by atoms with van der Waals surface area (Å²) in [6.07, 6.45) is 5.00. The minimum Gasteiger partial charge on any atom is -0.338 e. The molecule has 2 aliphatic rings. The first-order valence-electron chi connectivity index (χ1n) is 8.83. The van der Waals surface area contributed by atoms with Crippen molar-refractivity contribution in [1.82, 2.24) is 15.2 Å². The molecular formula is C18H26ClN3O3. The van der Waals surface area contributed by atoms with Crippen LogP contribution < -0.4 is 10.9 Å². The second-order valence-electron chi connectivity index (χ2n) is 6.81. The van der Waals surface area contributed by atoms with Gasteiger partial charge in [-0.3, -0.25) is 14.4 Å². The van der Waals surface area contributed by atoms with Crippen LogP contribution in [0.5, 0.6) is 0 Å². The summed E-state index contributed by atoms with van der Waals surface area (Å²) in [6.45, 7) is 2.35. The van der Waals surface area contributed by atoms with Crippen molar-refractivity contribution in [3.63, 3.8) is 0 Å². The van der Waals surface area contributed by atoms with Crippen LogP contribution in [0.2, 0.25) is 0 Å². The maximum absolute atomic E-state index is 12.7. The topological polar surface area (TPSA) is 82.3 Å². The number of aromatic nitrogens is 1. The van der Waals surface area contributed by atoms with Crippen LogP contribution in [0, 0.1) is 5.92 Å². The summed E-state index contributed by atoms with van der Waals surface area (Å²) in [5.74, 6) is 0.404. The van der Waals surface area contributed by atoms with Crippen LogP contribution >= 0.6 is 12.4 Å². The van der Waals surface area contributed by atoms with E-state index in [0.717, 1.165) is 32.2 Å². The van der Waals surface area contributed by atoms with Gasteiger partial charge in [-0.05, 0) is 57.7 Å². The molecule has 6 nitrogen and oxygen atoms in total. The Labute approximate surface area is 153 Å². The third-order valence-corrected chi connectivity index (χ3v) is 5.19. The summed E-state index contributed by atoms with van der Waals surface area (Å²) in [7, 11) is 1.95. The fraction of sp³-hybridized carbons (Fsp3) is 0.611. The zero-order valence-corrected chi connectivity index (χ0v) is 15.4. The number of hydrogen-bond acceptors (Lipinski definition) is 4. The minimum absolute atomic E-state index is 0. The Bertz CT molecular complexity index is 693. The third-order valence-electron chi connectivity index (χ3n) is 5.19. The fourth-order valence-electron chi connectivity index (χ4n) is 3.68. The van der Waals surface area contributed by atoms with E-state index in [-0.39, 0.29) is 35.2 Å². The Morgan fingerprint density at radius 2 is 2.00 bits per heavy atom. The highest BCUT2D eigenvalue weighted by Crippen LogP contribution is 2.22. The molecule has 0 saturated carbocycles. The van der Waals surface area contributed by atoms with Gasteiger partial charge in [0.05, 0.1) is 0 Å². The number of aryl methyl sites for hydroxylation is 1. The van der Waals surface area contributed by atoms with Gasteiger partial charge in [0.2, 0.25) is 0 Å². The number of carbonyl (C=O) groups is 2. The van der Waals surface area contributed by atoms with Gasteiger partial charge in [-0.2, -0.15) is 0 Å². The molecule has 1 aromatic rings. The minimum atomic E-state index is -0.370. The number of fused-ring (bicyclic) bond motifs is 1. The van der Waals surface area contributed by atoms with Gasteiger partial charge in [0.1, 0.15) is 5.56 Å². The number of H-pyrrole nitrogens is 1. The van der Waals surface area contributed by atoms with Crippen molar-refractivity contribution in [3.05, 3.63) is 33.2 Å². The van der Waals surface area contributed by atoms with Crippen molar-refractivity contribution in [3.8, 4) is 0 Å². The number of carbonyl (C=O) groups excluding carboxylic acids is 2. The Morgan fingerprint density at radius 1 is 1.28 bits per heavy atom. The van der Waals surface area contributed by atoms with E-state index in [0.29, 0.717) is 43.1 Å². The molecule has 0 unspecified atom stereocenters. The molecule has 7 heteroatoms. The SMILES string of the molecule is CNCCC1CCN(C(=O)c2cc3c([nH]c2=O)CCCC3=O)CC1.Cl. The Morgan fingerprint density at radius 3 is 2.68 bits per heavy atom. The number of amides is 1. The van der Waals surface area contributed by atoms with Crippen molar-refractivity contribution in [2.24, 2.45) is 5.92 Å². The fourth-order valence-corrected chi connectivity index (χ4v) is 3.68. The predicted molar refractivity (Wildman–Crippen MR) is 98.8 cm³/mol. The molecule has 1 saturated heterocycles. The van der Waals surface area contributed by atoms with Gasteiger partial charge < -0.3 is 15.2 Å². The average Bonchev–Trinajstić information content (AvgIpc) is 2.59. The van der Waals surface area contributed by atoms with Crippen LogP contribution in [0.4, 0.5) is 0 Å². The summed E-state index contributed by atoms with van der Waals surface area (Å²) < 4.78 is 0. The summed E-state index contributed by atoms with van der Waals surface area (Å²) in [6, 6.07) is 1.52. The molecule has 1 amide bonds. The zero-order chi connectivity index (χ0) is 17.1. The molecule has 1 aliphatic heterocycles.